The summed E-state index contributed by atoms with van der Waals surface area (Å²) in [5.74, 6) is 0.967. The fraction of sp³-hybridized carbons (Fsp3) is 1.00. The molecule has 0 aromatic heterocycles. The van der Waals surface area contributed by atoms with Gasteiger partial charge in [0.05, 0.1) is 0 Å². The second kappa shape index (κ2) is 6.17. The minimum absolute atomic E-state index is 0.502. The molecule has 0 aromatic carbocycles. The third-order valence-electron chi connectivity index (χ3n) is 4.61. The van der Waals surface area contributed by atoms with Crippen LogP contribution in [-0.2, 0) is 0 Å². The zero-order valence-corrected chi connectivity index (χ0v) is 11.6. The van der Waals surface area contributed by atoms with Gasteiger partial charge in [0.1, 0.15) is 0 Å². The van der Waals surface area contributed by atoms with E-state index in [4.69, 9.17) is 0 Å². The lowest BCUT2D eigenvalue weighted by molar-refractivity contribution is 0.117. The predicted octanol–water partition coefficient (Wildman–Crippen LogP) is 1.31. The average Bonchev–Trinajstić information content (AvgIpc) is 2.23. The van der Waals surface area contributed by atoms with Gasteiger partial charge < -0.3 is 10.6 Å². The first kappa shape index (κ1) is 13.3. The zero-order valence-electron chi connectivity index (χ0n) is 11.6. The molecule has 0 aromatic rings. The van der Waals surface area contributed by atoms with E-state index in [9.17, 15) is 0 Å². The molecule has 1 aliphatic heterocycles. The molecule has 0 unspecified atom stereocenters. The summed E-state index contributed by atoms with van der Waals surface area (Å²) >= 11 is 0. The van der Waals surface area contributed by atoms with Crippen molar-refractivity contribution in [3.63, 3.8) is 0 Å². The van der Waals surface area contributed by atoms with Crippen LogP contribution in [0.4, 0.5) is 0 Å². The van der Waals surface area contributed by atoms with Gasteiger partial charge >= 0.3 is 0 Å². The van der Waals surface area contributed by atoms with Gasteiger partial charge in [-0.05, 0) is 24.2 Å². The van der Waals surface area contributed by atoms with Crippen LogP contribution in [0, 0.1) is 11.3 Å². The smallest absolute Gasteiger partial charge is 0.0108 e. The number of rotatable bonds is 6. The van der Waals surface area contributed by atoms with Gasteiger partial charge in [0.15, 0.2) is 0 Å². The largest absolute Gasteiger partial charge is 0.315 e. The van der Waals surface area contributed by atoms with Gasteiger partial charge in [-0.25, -0.2) is 0 Å². The normalized spacial score (nSPS) is 23.6. The van der Waals surface area contributed by atoms with Crippen LogP contribution in [0.25, 0.3) is 0 Å². The number of hydrogen-bond donors (Lipinski definition) is 2. The van der Waals surface area contributed by atoms with Gasteiger partial charge in [-0.2, -0.15) is 0 Å². The second-order valence-electron chi connectivity index (χ2n) is 6.38. The fourth-order valence-electron chi connectivity index (χ4n) is 2.92. The van der Waals surface area contributed by atoms with Crippen LogP contribution in [0.5, 0.6) is 0 Å². The molecule has 2 rings (SSSR count). The lowest BCUT2D eigenvalue weighted by atomic mass is 9.67. The SMILES string of the molecule is CC(C)(CNCCN1CCNCC1)C1CCC1. The van der Waals surface area contributed by atoms with E-state index in [1.165, 1.54) is 45.4 Å². The first-order chi connectivity index (χ1) is 8.18. The molecule has 1 saturated heterocycles. The Morgan fingerprint density at radius 1 is 1.24 bits per heavy atom. The van der Waals surface area contributed by atoms with Crippen molar-refractivity contribution in [2.75, 3.05) is 45.8 Å². The first-order valence-electron chi connectivity index (χ1n) is 7.32. The summed E-state index contributed by atoms with van der Waals surface area (Å²) in [6, 6.07) is 0. The molecule has 2 N–H and O–H groups in total. The Morgan fingerprint density at radius 2 is 1.94 bits per heavy atom. The summed E-state index contributed by atoms with van der Waals surface area (Å²) in [6.07, 6.45) is 4.35. The van der Waals surface area contributed by atoms with Crippen LogP contribution in [0.15, 0.2) is 0 Å². The van der Waals surface area contributed by atoms with Crippen molar-refractivity contribution in [2.45, 2.75) is 33.1 Å². The Bertz CT molecular complexity index is 218. The van der Waals surface area contributed by atoms with E-state index in [1.807, 2.05) is 0 Å². The van der Waals surface area contributed by atoms with Crippen molar-refractivity contribution in [1.29, 1.82) is 0 Å². The lowest BCUT2D eigenvalue weighted by Gasteiger charge is -2.40. The Morgan fingerprint density at radius 3 is 2.53 bits per heavy atom. The monoisotopic (exact) mass is 239 g/mol. The van der Waals surface area contributed by atoms with E-state index in [0.29, 0.717) is 5.41 Å². The van der Waals surface area contributed by atoms with Crippen LogP contribution in [-0.4, -0.2) is 50.7 Å². The van der Waals surface area contributed by atoms with E-state index >= 15 is 0 Å². The van der Waals surface area contributed by atoms with E-state index in [0.717, 1.165) is 25.6 Å². The lowest BCUT2D eigenvalue weighted by Crippen LogP contribution is -2.47. The quantitative estimate of drug-likeness (QED) is 0.684. The molecule has 0 bridgehead atoms. The van der Waals surface area contributed by atoms with Crippen molar-refractivity contribution < 1.29 is 0 Å². The Hall–Kier alpha value is -0.120. The number of nitrogens with one attached hydrogen (secondary N) is 2. The second-order valence-corrected chi connectivity index (χ2v) is 6.38. The highest BCUT2D eigenvalue weighted by atomic mass is 15.2. The predicted molar refractivity (Wildman–Crippen MR) is 73.3 cm³/mol. The summed E-state index contributed by atoms with van der Waals surface area (Å²) in [7, 11) is 0. The third-order valence-corrected chi connectivity index (χ3v) is 4.61. The van der Waals surface area contributed by atoms with Crippen LogP contribution in [0.1, 0.15) is 33.1 Å². The van der Waals surface area contributed by atoms with Crippen molar-refractivity contribution >= 4 is 0 Å². The average molecular weight is 239 g/mol. The van der Waals surface area contributed by atoms with Crippen LogP contribution in [0.3, 0.4) is 0 Å². The first-order valence-corrected chi connectivity index (χ1v) is 7.32. The summed E-state index contributed by atoms with van der Waals surface area (Å²) in [5.41, 5.74) is 0.502. The Labute approximate surface area is 106 Å². The molecule has 0 radical (unpaired) electrons. The Balaban J connectivity index is 1.55. The molecule has 1 saturated carbocycles. The molecule has 0 amide bonds. The highest BCUT2D eigenvalue weighted by Gasteiger charge is 2.33. The van der Waals surface area contributed by atoms with Crippen LogP contribution >= 0.6 is 0 Å². The van der Waals surface area contributed by atoms with Gasteiger partial charge in [-0.15, -0.1) is 0 Å². The number of piperazine rings is 1. The fourth-order valence-corrected chi connectivity index (χ4v) is 2.92. The highest BCUT2D eigenvalue weighted by molar-refractivity contribution is 4.86. The molecule has 3 nitrogen and oxygen atoms in total. The van der Waals surface area contributed by atoms with E-state index < -0.39 is 0 Å². The van der Waals surface area contributed by atoms with Crippen molar-refractivity contribution in [3.8, 4) is 0 Å². The molecule has 0 spiro atoms. The van der Waals surface area contributed by atoms with Crippen molar-refractivity contribution in [2.24, 2.45) is 11.3 Å². The maximum absolute atomic E-state index is 3.66. The summed E-state index contributed by atoms with van der Waals surface area (Å²) in [5, 5.41) is 7.06. The standard InChI is InChI=1S/C14H29N3/c1-14(2,13-4-3-5-13)12-16-8-11-17-9-6-15-7-10-17/h13,15-16H,3-12H2,1-2H3. The topological polar surface area (TPSA) is 27.3 Å². The van der Waals surface area contributed by atoms with Gasteiger partial charge in [-0.1, -0.05) is 20.3 Å². The molecule has 100 valence electrons. The molecule has 1 heterocycles. The maximum Gasteiger partial charge on any atom is 0.0108 e. The van der Waals surface area contributed by atoms with Gasteiger partial charge in [-0.3, -0.25) is 4.90 Å². The molecule has 17 heavy (non-hydrogen) atoms. The summed E-state index contributed by atoms with van der Waals surface area (Å²) < 4.78 is 0. The molecule has 3 heteroatoms. The van der Waals surface area contributed by atoms with Crippen molar-refractivity contribution in [3.05, 3.63) is 0 Å². The summed E-state index contributed by atoms with van der Waals surface area (Å²) in [6.45, 7) is 13.1. The van der Waals surface area contributed by atoms with Gasteiger partial charge in [0, 0.05) is 45.8 Å². The van der Waals surface area contributed by atoms with Crippen LogP contribution < -0.4 is 10.6 Å². The van der Waals surface area contributed by atoms with Gasteiger partial charge in [0.2, 0.25) is 0 Å². The zero-order chi connectivity index (χ0) is 12.1. The maximum atomic E-state index is 3.66. The molecular formula is C14H29N3. The number of nitrogens with zero attached hydrogens (tertiary/aromatic N) is 1. The molecule has 2 aliphatic rings. The van der Waals surface area contributed by atoms with Crippen LogP contribution in [0.2, 0.25) is 0 Å². The molecular weight excluding hydrogens is 210 g/mol. The third kappa shape index (κ3) is 3.94. The minimum Gasteiger partial charge on any atom is -0.315 e. The molecule has 0 atom stereocenters. The van der Waals surface area contributed by atoms with E-state index in [2.05, 4.69) is 29.4 Å². The molecule has 2 fully saturated rings. The van der Waals surface area contributed by atoms with Gasteiger partial charge in [0.25, 0.3) is 0 Å². The minimum atomic E-state index is 0.502. The highest BCUT2D eigenvalue weighted by Crippen LogP contribution is 2.40. The van der Waals surface area contributed by atoms with E-state index in [-0.39, 0.29) is 0 Å². The Kier molecular flexibility index (Phi) is 4.83. The summed E-state index contributed by atoms with van der Waals surface area (Å²) in [4.78, 5) is 2.56. The molecule has 1 aliphatic carbocycles. The van der Waals surface area contributed by atoms with Crippen molar-refractivity contribution in [1.82, 2.24) is 15.5 Å². The number of hydrogen-bond acceptors (Lipinski definition) is 3. The van der Waals surface area contributed by atoms with E-state index in [1.54, 1.807) is 0 Å².